The number of ether oxygens (including phenoxy) is 1. The monoisotopic (exact) mass is 316 g/mol. The van der Waals surface area contributed by atoms with Gasteiger partial charge in [0.1, 0.15) is 16.8 Å². The maximum Gasteiger partial charge on any atom is 0.355 e. The number of nitrogens with zero attached hydrogens (tertiary/aromatic N) is 2. The zero-order chi connectivity index (χ0) is 15.5. The minimum Gasteiger partial charge on any atom is -0.493 e. The van der Waals surface area contributed by atoms with E-state index in [1.807, 2.05) is 48.0 Å². The first kappa shape index (κ1) is 14.7. The van der Waals surface area contributed by atoms with E-state index < -0.39 is 0 Å². The van der Waals surface area contributed by atoms with E-state index >= 15 is 0 Å². The summed E-state index contributed by atoms with van der Waals surface area (Å²) in [5.74, 6) is 1.59. The van der Waals surface area contributed by atoms with Crippen molar-refractivity contribution >= 4 is 28.6 Å². The van der Waals surface area contributed by atoms with Crippen LogP contribution in [0, 0.1) is 0 Å². The number of fused-ring (bicyclic) bond motifs is 1. The van der Waals surface area contributed by atoms with Crippen LogP contribution >= 0.6 is 11.6 Å². The normalized spacial score (nSPS) is 11.0. The average molecular weight is 317 g/mol. The molecule has 114 valence electrons. The Morgan fingerprint density at radius 2 is 1.86 bits per heavy atom. The Balaban J connectivity index is 1.64. The van der Waals surface area contributed by atoms with E-state index in [-0.39, 0.29) is 0 Å². The van der Waals surface area contributed by atoms with Crippen LogP contribution in [0.1, 0.15) is 6.42 Å². The number of para-hydroxylation sites is 2. The molecule has 1 aromatic heterocycles. The summed E-state index contributed by atoms with van der Waals surface area (Å²) in [4.78, 5) is 0. The highest BCUT2D eigenvalue weighted by atomic mass is 35.5. The second kappa shape index (κ2) is 6.28. The molecule has 0 bridgehead atoms. The summed E-state index contributed by atoms with van der Waals surface area (Å²) in [7, 11) is 1.98. The molecule has 0 atom stereocenters. The average Bonchev–Trinajstić information content (AvgIpc) is 2.78. The first-order valence-corrected chi connectivity index (χ1v) is 7.66. The number of nitrogen functional groups attached to an aromatic ring is 1. The molecule has 2 aromatic carbocycles. The third-order valence-corrected chi connectivity index (χ3v) is 4.01. The van der Waals surface area contributed by atoms with Gasteiger partial charge in [-0.15, -0.1) is 0 Å². The molecule has 0 aliphatic carbocycles. The van der Waals surface area contributed by atoms with E-state index in [0.717, 1.165) is 35.7 Å². The fourth-order valence-corrected chi connectivity index (χ4v) is 2.71. The van der Waals surface area contributed by atoms with Gasteiger partial charge in [-0.3, -0.25) is 5.73 Å². The van der Waals surface area contributed by atoms with Crippen molar-refractivity contribution < 1.29 is 9.30 Å². The summed E-state index contributed by atoms with van der Waals surface area (Å²) in [5, 5.41) is 0.714. The molecule has 0 aliphatic heterocycles. The van der Waals surface area contributed by atoms with Crippen LogP contribution in [0.2, 0.25) is 5.02 Å². The van der Waals surface area contributed by atoms with Gasteiger partial charge in [0.25, 0.3) is 0 Å². The maximum absolute atomic E-state index is 6.20. The van der Waals surface area contributed by atoms with Gasteiger partial charge in [0.15, 0.2) is 0 Å². The predicted molar refractivity (Wildman–Crippen MR) is 89.1 cm³/mol. The summed E-state index contributed by atoms with van der Waals surface area (Å²) in [5.41, 5.74) is 8.48. The van der Waals surface area contributed by atoms with Gasteiger partial charge in [-0.2, -0.15) is 0 Å². The third kappa shape index (κ3) is 2.88. The van der Waals surface area contributed by atoms with Crippen LogP contribution in [-0.4, -0.2) is 11.2 Å². The number of rotatable bonds is 5. The van der Waals surface area contributed by atoms with Crippen LogP contribution in [0.4, 0.5) is 5.95 Å². The summed E-state index contributed by atoms with van der Waals surface area (Å²) in [6.45, 7) is 1.46. The quantitative estimate of drug-likeness (QED) is 0.580. The van der Waals surface area contributed by atoms with Crippen LogP contribution in [0.15, 0.2) is 48.5 Å². The molecule has 3 rings (SSSR count). The van der Waals surface area contributed by atoms with E-state index in [4.69, 9.17) is 22.1 Å². The van der Waals surface area contributed by atoms with E-state index in [1.165, 1.54) is 0 Å². The standard InChI is InChI=1S/C17H18ClN3O/c1-20-15-5-2-3-6-16(15)21(17(20)19)11-4-12-22-14-9-7-13(18)8-10-14/h2-3,5-10,19H,4,11-12H2,1H3/p+1. The van der Waals surface area contributed by atoms with Crippen LogP contribution in [-0.2, 0) is 13.6 Å². The van der Waals surface area contributed by atoms with Gasteiger partial charge in [0.05, 0.1) is 20.2 Å². The molecule has 1 heterocycles. The lowest BCUT2D eigenvalue weighted by molar-refractivity contribution is -0.630. The largest absolute Gasteiger partial charge is 0.493 e. The number of imidazole rings is 1. The Kier molecular flexibility index (Phi) is 4.20. The zero-order valence-electron chi connectivity index (χ0n) is 12.5. The lowest BCUT2D eigenvalue weighted by Gasteiger charge is -2.06. The molecule has 22 heavy (non-hydrogen) atoms. The van der Waals surface area contributed by atoms with Gasteiger partial charge in [0.2, 0.25) is 0 Å². The number of aromatic nitrogens is 2. The van der Waals surface area contributed by atoms with Crippen molar-refractivity contribution in [2.45, 2.75) is 13.0 Å². The predicted octanol–water partition coefficient (Wildman–Crippen LogP) is 3.17. The molecule has 0 fully saturated rings. The topological polar surface area (TPSA) is 44.1 Å². The highest BCUT2D eigenvalue weighted by Crippen LogP contribution is 2.17. The number of hydrogen-bond donors (Lipinski definition) is 1. The van der Waals surface area contributed by atoms with Crippen molar-refractivity contribution in [2.24, 2.45) is 7.05 Å². The number of aryl methyl sites for hydroxylation is 2. The third-order valence-electron chi connectivity index (χ3n) is 3.76. The number of anilines is 1. The zero-order valence-corrected chi connectivity index (χ0v) is 13.3. The summed E-state index contributed by atoms with van der Waals surface area (Å²) >= 11 is 5.85. The Morgan fingerprint density at radius 3 is 2.64 bits per heavy atom. The van der Waals surface area contributed by atoms with E-state index in [9.17, 15) is 0 Å². The van der Waals surface area contributed by atoms with E-state index in [1.54, 1.807) is 0 Å². The summed E-state index contributed by atoms with van der Waals surface area (Å²) < 4.78 is 9.86. The molecule has 3 aromatic rings. The SMILES string of the molecule is C[n+]1c(N)n(CCCOc2ccc(Cl)cc2)c2ccccc21. The second-order valence-electron chi connectivity index (χ2n) is 5.21. The highest BCUT2D eigenvalue weighted by molar-refractivity contribution is 6.30. The van der Waals surface area contributed by atoms with Gasteiger partial charge in [-0.05, 0) is 36.4 Å². The number of nitrogens with two attached hydrogens (primary N) is 1. The van der Waals surface area contributed by atoms with Crippen LogP contribution < -0.4 is 15.0 Å². The van der Waals surface area contributed by atoms with Crippen molar-refractivity contribution in [1.82, 2.24) is 4.57 Å². The summed E-state index contributed by atoms with van der Waals surface area (Å²) in [6, 6.07) is 15.6. The van der Waals surface area contributed by atoms with Crippen molar-refractivity contribution in [3.05, 3.63) is 53.6 Å². The van der Waals surface area contributed by atoms with E-state index in [2.05, 4.69) is 16.7 Å². The lowest BCUT2D eigenvalue weighted by atomic mass is 10.3. The molecule has 0 unspecified atom stereocenters. The fourth-order valence-electron chi connectivity index (χ4n) is 2.58. The van der Waals surface area contributed by atoms with E-state index in [0.29, 0.717) is 11.6 Å². The molecule has 0 radical (unpaired) electrons. The van der Waals surface area contributed by atoms with Gasteiger partial charge in [-0.25, -0.2) is 9.13 Å². The minimum absolute atomic E-state index is 0.636. The molecular weight excluding hydrogens is 298 g/mol. The fraction of sp³-hybridized carbons (Fsp3) is 0.235. The molecule has 0 saturated carbocycles. The molecule has 4 nitrogen and oxygen atoms in total. The van der Waals surface area contributed by atoms with Gasteiger partial charge < -0.3 is 4.74 Å². The van der Waals surface area contributed by atoms with Gasteiger partial charge in [0, 0.05) is 11.4 Å². The van der Waals surface area contributed by atoms with Crippen LogP contribution in [0.3, 0.4) is 0 Å². The van der Waals surface area contributed by atoms with Gasteiger partial charge in [-0.1, -0.05) is 23.7 Å². The van der Waals surface area contributed by atoms with Crippen molar-refractivity contribution in [3.63, 3.8) is 0 Å². The maximum atomic E-state index is 6.20. The van der Waals surface area contributed by atoms with Crippen molar-refractivity contribution in [1.29, 1.82) is 0 Å². The molecule has 2 N–H and O–H groups in total. The van der Waals surface area contributed by atoms with Crippen LogP contribution in [0.25, 0.3) is 11.0 Å². The molecule has 0 spiro atoms. The Bertz CT molecular complexity index is 780. The Morgan fingerprint density at radius 1 is 1.14 bits per heavy atom. The first-order chi connectivity index (χ1) is 10.7. The minimum atomic E-state index is 0.636. The molecule has 0 saturated heterocycles. The molecule has 0 amide bonds. The van der Waals surface area contributed by atoms with Crippen LogP contribution in [0.5, 0.6) is 5.75 Å². The Labute approximate surface area is 134 Å². The number of hydrogen-bond acceptors (Lipinski definition) is 2. The summed E-state index contributed by atoms with van der Waals surface area (Å²) in [6.07, 6.45) is 0.880. The van der Waals surface area contributed by atoms with Gasteiger partial charge >= 0.3 is 5.95 Å². The molecular formula is C17H19ClN3O+. The second-order valence-corrected chi connectivity index (χ2v) is 5.65. The highest BCUT2D eigenvalue weighted by Gasteiger charge is 2.17. The molecule has 5 heteroatoms. The van der Waals surface area contributed by atoms with Crippen molar-refractivity contribution in [3.8, 4) is 5.75 Å². The first-order valence-electron chi connectivity index (χ1n) is 7.28. The Hall–Kier alpha value is -2.20. The smallest absolute Gasteiger partial charge is 0.355 e. The lowest BCUT2D eigenvalue weighted by Crippen LogP contribution is -2.31. The van der Waals surface area contributed by atoms with Crippen molar-refractivity contribution in [2.75, 3.05) is 12.3 Å². The molecule has 0 aliphatic rings. The number of benzene rings is 2. The number of halogens is 1.